The Morgan fingerprint density at radius 1 is 1.47 bits per heavy atom. The highest BCUT2D eigenvalue weighted by atomic mass is 16.1. The summed E-state index contributed by atoms with van der Waals surface area (Å²) in [7, 11) is 1.96. The van der Waals surface area contributed by atoms with Crippen molar-refractivity contribution in [2.24, 2.45) is 13.0 Å². The van der Waals surface area contributed by atoms with Crippen molar-refractivity contribution >= 4 is 5.91 Å². The maximum absolute atomic E-state index is 11.7. The molecule has 1 aromatic rings. The summed E-state index contributed by atoms with van der Waals surface area (Å²) >= 11 is 0. The van der Waals surface area contributed by atoms with Gasteiger partial charge >= 0.3 is 0 Å². The van der Waals surface area contributed by atoms with Crippen LogP contribution in [0.4, 0.5) is 0 Å². The second kappa shape index (κ2) is 4.90. The first-order valence-electron chi connectivity index (χ1n) is 6.36. The quantitative estimate of drug-likeness (QED) is 0.859. The minimum Gasteiger partial charge on any atom is -0.356 e. The third-order valence-electron chi connectivity index (χ3n) is 3.81. The molecule has 0 atom stereocenters. The minimum absolute atomic E-state index is 0.232. The lowest BCUT2D eigenvalue weighted by molar-refractivity contribution is -0.127. The van der Waals surface area contributed by atoms with E-state index in [0.29, 0.717) is 0 Å². The first-order chi connectivity index (χ1) is 8.09. The molecule has 1 aliphatic carbocycles. The van der Waals surface area contributed by atoms with Crippen molar-refractivity contribution in [3.63, 3.8) is 0 Å². The number of carbonyl (C=O) groups is 1. The maximum Gasteiger partial charge on any atom is 0.223 e. The number of nitrogens with zero attached hydrogens (tertiary/aromatic N) is 2. The van der Waals surface area contributed by atoms with Crippen LogP contribution in [0.5, 0.6) is 0 Å². The Bertz CT molecular complexity index is 419. The van der Waals surface area contributed by atoms with Gasteiger partial charge in [-0.3, -0.25) is 9.48 Å². The van der Waals surface area contributed by atoms with Crippen LogP contribution in [0.3, 0.4) is 0 Å². The highest BCUT2D eigenvalue weighted by Crippen LogP contribution is 2.26. The van der Waals surface area contributed by atoms with Gasteiger partial charge in [-0.25, -0.2) is 0 Å². The maximum atomic E-state index is 11.7. The summed E-state index contributed by atoms with van der Waals surface area (Å²) in [6.07, 6.45) is 4.22. The molecule has 0 radical (unpaired) electrons. The van der Waals surface area contributed by atoms with Crippen molar-refractivity contribution in [2.75, 3.05) is 6.54 Å². The van der Waals surface area contributed by atoms with Crippen LogP contribution in [0, 0.1) is 19.8 Å². The van der Waals surface area contributed by atoms with Gasteiger partial charge in [0.1, 0.15) is 0 Å². The van der Waals surface area contributed by atoms with Gasteiger partial charge < -0.3 is 5.32 Å². The van der Waals surface area contributed by atoms with Crippen LogP contribution in [-0.2, 0) is 18.3 Å². The van der Waals surface area contributed by atoms with Gasteiger partial charge in [0.25, 0.3) is 0 Å². The van der Waals surface area contributed by atoms with Crippen molar-refractivity contribution in [3.8, 4) is 0 Å². The monoisotopic (exact) mass is 235 g/mol. The fourth-order valence-electron chi connectivity index (χ4n) is 2.30. The zero-order valence-corrected chi connectivity index (χ0v) is 10.9. The number of amides is 1. The summed E-state index contributed by atoms with van der Waals surface area (Å²) in [5.41, 5.74) is 3.53. The summed E-state index contributed by atoms with van der Waals surface area (Å²) in [6.45, 7) is 4.82. The molecule has 1 saturated carbocycles. The van der Waals surface area contributed by atoms with Gasteiger partial charge in [-0.2, -0.15) is 5.10 Å². The van der Waals surface area contributed by atoms with Crippen molar-refractivity contribution < 1.29 is 4.79 Å². The van der Waals surface area contributed by atoms with E-state index < -0.39 is 0 Å². The Morgan fingerprint density at radius 3 is 2.65 bits per heavy atom. The number of nitrogens with one attached hydrogen (secondary N) is 1. The van der Waals surface area contributed by atoms with Crippen LogP contribution in [-0.4, -0.2) is 22.2 Å². The Hall–Kier alpha value is -1.32. The average Bonchev–Trinajstić information content (AvgIpc) is 2.42. The number of aromatic nitrogens is 2. The van der Waals surface area contributed by atoms with Gasteiger partial charge in [0.05, 0.1) is 5.69 Å². The van der Waals surface area contributed by atoms with E-state index in [1.165, 1.54) is 17.7 Å². The number of aryl methyl sites for hydroxylation is 2. The molecular weight excluding hydrogens is 214 g/mol. The molecule has 0 spiro atoms. The summed E-state index contributed by atoms with van der Waals surface area (Å²) in [5.74, 6) is 0.515. The first-order valence-corrected chi connectivity index (χ1v) is 6.36. The number of rotatable bonds is 4. The van der Waals surface area contributed by atoms with E-state index in [2.05, 4.69) is 17.3 Å². The van der Waals surface area contributed by atoms with E-state index in [1.807, 2.05) is 18.7 Å². The van der Waals surface area contributed by atoms with Gasteiger partial charge in [0.15, 0.2) is 0 Å². The van der Waals surface area contributed by atoms with Crippen molar-refractivity contribution in [3.05, 3.63) is 17.0 Å². The first kappa shape index (κ1) is 12.1. The smallest absolute Gasteiger partial charge is 0.223 e. The molecule has 94 valence electrons. The van der Waals surface area contributed by atoms with Crippen LogP contribution < -0.4 is 5.32 Å². The number of carbonyl (C=O) groups excluding carboxylic acids is 1. The molecule has 1 aromatic heterocycles. The second-order valence-corrected chi connectivity index (χ2v) is 4.94. The molecule has 1 aliphatic rings. The number of hydrogen-bond donors (Lipinski definition) is 1. The van der Waals surface area contributed by atoms with Crippen molar-refractivity contribution in [2.45, 2.75) is 39.5 Å². The minimum atomic E-state index is 0.232. The Labute approximate surface area is 102 Å². The fraction of sp³-hybridized carbons (Fsp3) is 0.692. The summed E-state index contributed by atoms with van der Waals surface area (Å²) in [6, 6.07) is 0. The Morgan fingerprint density at radius 2 is 2.18 bits per heavy atom. The van der Waals surface area contributed by atoms with Crippen LogP contribution in [0.2, 0.25) is 0 Å². The van der Waals surface area contributed by atoms with E-state index in [0.717, 1.165) is 31.5 Å². The van der Waals surface area contributed by atoms with Gasteiger partial charge in [0, 0.05) is 25.2 Å². The predicted octanol–water partition coefficient (Wildman–Crippen LogP) is 1.50. The molecular formula is C13H21N3O. The molecule has 4 heteroatoms. The molecule has 0 aromatic carbocycles. The van der Waals surface area contributed by atoms with Crippen LogP contribution in [0.15, 0.2) is 0 Å². The molecule has 2 rings (SSSR count). The predicted molar refractivity (Wildman–Crippen MR) is 66.7 cm³/mol. The van der Waals surface area contributed by atoms with Crippen LogP contribution in [0.25, 0.3) is 0 Å². The third-order valence-corrected chi connectivity index (χ3v) is 3.81. The summed E-state index contributed by atoms with van der Waals surface area (Å²) < 4.78 is 1.90. The second-order valence-electron chi connectivity index (χ2n) is 4.94. The Balaban J connectivity index is 1.83. The largest absolute Gasteiger partial charge is 0.356 e. The molecule has 0 aliphatic heterocycles. The topological polar surface area (TPSA) is 46.9 Å². The van der Waals surface area contributed by atoms with Gasteiger partial charge in [-0.05, 0) is 38.7 Å². The SMILES string of the molecule is Cc1nn(C)c(C)c1CCNC(=O)C1CCC1. The molecule has 1 heterocycles. The lowest BCUT2D eigenvalue weighted by atomic mass is 9.85. The van der Waals surface area contributed by atoms with E-state index in [4.69, 9.17) is 0 Å². The summed E-state index contributed by atoms with van der Waals surface area (Å²) in [5, 5.41) is 7.40. The van der Waals surface area contributed by atoms with E-state index >= 15 is 0 Å². The highest BCUT2D eigenvalue weighted by molar-refractivity contribution is 5.79. The molecule has 1 amide bonds. The highest BCUT2D eigenvalue weighted by Gasteiger charge is 2.24. The average molecular weight is 235 g/mol. The molecule has 0 bridgehead atoms. The van der Waals surface area contributed by atoms with Gasteiger partial charge in [0.2, 0.25) is 5.91 Å². The van der Waals surface area contributed by atoms with E-state index in [9.17, 15) is 4.79 Å². The van der Waals surface area contributed by atoms with Crippen LogP contribution >= 0.6 is 0 Å². The normalized spacial score (nSPS) is 15.7. The third kappa shape index (κ3) is 2.51. The lowest BCUT2D eigenvalue weighted by Gasteiger charge is -2.24. The fourth-order valence-corrected chi connectivity index (χ4v) is 2.30. The molecule has 0 unspecified atom stereocenters. The Kier molecular flexibility index (Phi) is 3.50. The molecule has 17 heavy (non-hydrogen) atoms. The van der Waals surface area contributed by atoms with Crippen molar-refractivity contribution in [1.29, 1.82) is 0 Å². The zero-order valence-electron chi connectivity index (χ0n) is 10.9. The van der Waals surface area contributed by atoms with E-state index in [1.54, 1.807) is 0 Å². The molecule has 1 fully saturated rings. The lowest BCUT2D eigenvalue weighted by Crippen LogP contribution is -2.35. The van der Waals surface area contributed by atoms with E-state index in [-0.39, 0.29) is 11.8 Å². The van der Waals surface area contributed by atoms with Gasteiger partial charge in [-0.1, -0.05) is 6.42 Å². The number of hydrogen-bond acceptors (Lipinski definition) is 2. The van der Waals surface area contributed by atoms with Crippen LogP contribution in [0.1, 0.15) is 36.2 Å². The molecule has 1 N–H and O–H groups in total. The zero-order chi connectivity index (χ0) is 12.4. The van der Waals surface area contributed by atoms with Crippen molar-refractivity contribution in [1.82, 2.24) is 15.1 Å². The standard InChI is InChI=1S/C13H21N3O/c1-9-12(10(2)16(3)15-9)7-8-14-13(17)11-5-4-6-11/h11H,4-8H2,1-3H3,(H,14,17). The molecule has 0 saturated heterocycles. The molecule has 4 nitrogen and oxygen atoms in total. The summed E-state index contributed by atoms with van der Waals surface area (Å²) in [4.78, 5) is 11.7. The van der Waals surface area contributed by atoms with Gasteiger partial charge in [-0.15, -0.1) is 0 Å².